The van der Waals surface area contributed by atoms with Gasteiger partial charge in [-0.05, 0) is 63.0 Å². The van der Waals surface area contributed by atoms with Crippen molar-refractivity contribution < 1.29 is 18.3 Å². The van der Waals surface area contributed by atoms with Crippen molar-refractivity contribution in [2.24, 2.45) is 0 Å². The maximum Gasteiger partial charge on any atom is 0.387 e. The fourth-order valence-electron chi connectivity index (χ4n) is 2.91. The quantitative estimate of drug-likeness (QED) is 0.908. The summed E-state index contributed by atoms with van der Waals surface area (Å²) in [6, 6.07) is 3.45. The molecule has 23 heavy (non-hydrogen) atoms. The van der Waals surface area contributed by atoms with Crippen molar-refractivity contribution in [2.45, 2.75) is 39.3 Å². The summed E-state index contributed by atoms with van der Waals surface area (Å²) < 4.78 is 29.3. The highest BCUT2D eigenvalue weighted by Crippen LogP contribution is 2.27. The molecule has 2 rings (SSSR count). The number of alkyl halides is 2. The van der Waals surface area contributed by atoms with Gasteiger partial charge in [-0.3, -0.25) is 4.79 Å². The number of nitrogens with zero attached hydrogens (tertiary/aromatic N) is 1. The third-order valence-corrected chi connectivity index (χ3v) is 4.09. The number of nitrogens with one attached hydrogen (secondary N) is 1. The van der Waals surface area contributed by atoms with Crippen LogP contribution < -0.4 is 10.1 Å². The van der Waals surface area contributed by atoms with Crippen LogP contribution in [0.1, 0.15) is 34.3 Å². The van der Waals surface area contributed by atoms with Crippen molar-refractivity contribution in [3.05, 3.63) is 28.8 Å². The molecule has 130 valence electrons. The fraction of sp³-hybridized carbons (Fsp3) is 0.562. The van der Waals surface area contributed by atoms with Crippen molar-refractivity contribution in [2.75, 3.05) is 20.1 Å². The van der Waals surface area contributed by atoms with Gasteiger partial charge in [0.1, 0.15) is 5.75 Å². The molecule has 1 aliphatic heterocycles. The number of rotatable bonds is 4. The molecule has 0 unspecified atom stereocenters. The molecule has 7 heteroatoms. The summed E-state index contributed by atoms with van der Waals surface area (Å²) in [5.41, 5.74) is 1.60. The predicted octanol–water partition coefficient (Wildman–Crippen LogP) is 3.15. The third kappa shape index (κ3) is 4.78. The molecule has 1 aromatic rings. The first-order valence-corrected chi connectivity index (χ1v) is 7.44. The predicted molar refractivity (Wildman–Crippen MR) is 87.8 cm³/mol. The van der Waals surface area contributed by atoms with Crippen LogP contribution in [0.2, 0.25) is 0 Å². The standard InChI is InChI=1S/C16H22F2N2O2.ClH/c1-10-8-12(9-11(2)14(10)22-16(17)18)15(21)20(3)13-4-6-19-7-5-13;/h8-9,13,16,19H,4-7H2,1-3H3;1H. The number of carbonyl (C=O) groups excluding carboxylic acids is 1. The lowest BCUT2D eigenvalue weighted by atomic mass is 10.0. The molecular formula is C16H23ClF2N2O2. The Morgan fingerprint density at radius 3 is 2.26 bits per heavy atom. The number of carbonyl (C=O) groups is 1. The second-order valence-corrected chi connectivity index (χ2v) is 5.71. The summed E-state index contributed by atoms with van der Waals surface area (Å²) in [7, 11) is 1.80. The summed E-state index contributed by atoms with van der Waals surface area (Å²) in [5.74, 6) is 0.0674. The van der Waals surface area contributed by atoms with Crippen LogP contribution in [0.4, 0.5) is 8.78 Å². The van der Waals surface area contributed by atoms with E-state index in [1.54, 1.807) is 37.9 Å². The number of hydrogen-bond donors (Lipinski definition) is 1. The molecule has 0 saturated carbocycles. The van der Waals surface area contributed by atoms with Gasteiger partial charge in [0.25, 0.3) is 5.91 Å². The Hall–Kier alpha value is -1.40. The molecule has 1 aliphatic rings. The van der Waals surface area contributed by atoms with Gasteiger partial charge in [-0.25, -0.2) is 0 Å². The van der Waals surface area contributed by atoms with E-state index in [0.29, 0.717) is 16.7 Å². The van der Waals surface area contributed by atoms with Gasteiger partial charge in [0, 0.05) is 18.7 Å². The number of benzene rings is 1. The third-order valence-electron chi connectivity index (χ3n) is 4.09. The topological polar surface area (TPSA) is 41.6 Å². The first-order chi connectivity index (χ1) is 10.4. The zero-order valence-electron chi connectivity index (χ0n) is 13.6. The molecule has 0 atom stereocenters. The van der Waals surface area contributed by atoms with E-state index in [-0.39, 0.29) is 30.1 Å². The molecule has 0 aromatic heterocycles. The van der Waals surface area contributed by atoms with E-state index in [9.17, 15) is 13.6 Å². The molecule has 1 heterocycles. The average molecular weight is 349 g/mol. The molecule has 1 amide bonds. The van der Waals surface area contributed by atoms with Crippen molar-refractivity contribution >= 4 is 18.3 Å². The summed E-state index contributed by atoms with van der Waals surface area (Å²) >= 11 is 0. The summed E-state index contributed by atoms with van der Waals surface area (Å²) in [4.78, 5) is 14.4. The maximum absolute atomic E-state index is 12.6. The monoisotopic (exact) mass is 348 g/mol. The van der Waals surface area contributed by atoms with Gasteiger partial charge >= 0.3 is 6.61 Å². The largest absolute Gasteiger partial charge is 0.434 e. The lowest BCUT2D eigenvalue weighted by Crippen LogP contribution is -2.44. The molecule has 0 aliphatic carbocycles. The Kier molecular flexibility index (Phi) is 7.22. The number of piperidine rings is 1. The second kappa shape index (κ2) is 8.45. The molecule has 1 saturated heterocycles. The smallest absolute Gasteiger partial charge is 0.387 e. The number of hydrogen-bond acceptors (Lipinski definition) is 3. The highest BCUT2D eigenvalue weighted by Gasteiger charge is 2.24. The van der Waals surface area contributed by atoms with Crippen LogP contribution in [0.25, 0.3) is 0 Å². The fourth-order valence-corrected chi connectivity index (χ4v) is 2.91. The van der Waals surface area contributed by atoms with Crippen molar-refractivity contribution in [1.82, 2.24) is 10.2 Å². The molecule has 0 spiro atoms. The zero-order valence-corrected chi connectivity index (χ0v) is 14.4. The van der Waals surface area contributed by atoms with Gasteiger partial charge in [0.15, 0.2) is 0 Å². The minimum absolute atomic E-state index is 0. The van der Waals surface area contributed by atoms with Crippen LogP contribution in [-0.4, -0.2) is 43.6 Å². The normalized spacial score (nSPS) is 15.2. The van der Waals surface area contributed by atoms with E-state index in [4.69, 9.17) is 0 Å². The van der Waals surface area contributed by atoms with Gasteiger partial charge in [-0.15, -0.1) is 12.4 Å². The number of amides is 1. The number of ether oxygens (including phenoxy) is 1. The molecule has 1 fully saturated rings. The molecule has 1 aromatic carbocycles. The van der Waals surface area contributed by atoms with E-state index < -0.39 is 6.61 Å². The highest BCUT2D eigenvalue weighted by molar-refractivity contribution is 5.95. The van der Waals surface area contributed by atoms with E-state index in [1.165, 1.54) is 0 Å². The lowest BCUT2D eigenvalue weighted by molar-refractivity contribution is -0.0507. The molecule has 0 radical (unpaired) electrons. The van der Waals surface area contributed by atoms with Gasteiger partial charge < -0.3 is 15.0 Å². The Morgan fingerprint density at radius 1 is 1.26 bits per heavy atom. The molecule has 4 nitrogen and oxygen atoms in total. The summed E-state index contributed by atoms with van der Waals surface area (Å²) in [5, 5.41) is 3.27. The summed E-state index contributed by atoms with van der Waals surface area (Å²) in [6.07, 6.45) is 1.85. The van der Waals surface area contributed by atoms with Crippen LogP contribution in [0.15, 0.2) is 12.1 Å². The van der Waals surface area contributed by atoms with Crippen molar-refractivity contribution in [1.29, 1.82) is 0 Å². The Labute approximate surface area is 141 Å². The Morgan fingerprint density at radius 2 is 1.78 bits per heavy atom. The molecule has 1 N–H and O–H groups in total. The zero-order chi connectivity index (χ0) is 16.3. The van der Waals surface area contributed by atoms with Gasteiger partial charge in [-0.2, -0.15) is 8.78 Å². The maximum atomic E-state index is 12.6. The molecule has 0 bridgehead atoms. The average Bonchev–Trinajstić information content (AvgIpc) is 2.50. The first-order valence-electron chi connectivity index (χ1n) is 7.44. The van der Waals surface area contributed by atoms with Crippen LogP contribution in [-0.2, 0) is 0 Å². The van der Waals surface area contributed by atoms with Crippen molar-refractivity contribution in [3.8, 4) is 5.75 Å². The van der Waals surface area contributed by atoms with E-state index in [2.05, 4.69) is 10.1 Å². The van der Waals surface area contributed by atoms with E-state index in [0.717, 1.165) is 25.9 Å². The minimum Gasteiger partial charge on any atom is -0.434 e. The SMILES string of the molecule is Cc1cc(C(=O)N(C)C2CCNCC2)cc(C)c1OC(F)F.Cl. The van der Waals surface area contributed by atoms with E-state index in [1.807, 2.05) is 0 Å². The van der Waals surface area contributed by atoms with Crippen LogP contribution in [0.5, 0.6) is 5.75 Å². The van der Waals surface area contributed by atoms with E-state index >= 15 is 0 Å². The highest BCUT2D eigenvalue weighted by atomic mass is 35.5. The van der Waals surface area contributed by atoms with Crippen LogP contribution in [0.3, 0.4) is 0 Å². The summed E-state index contributed by atoms with van der Waals surface area (Å²) in [6.45, 7) is 2.29. The number of aryl methyl sites for hydroxylation is 2. The van der Waals surface area contributed by atoms with Gasteiger partial charge in [-0.1, -0.05) is 0 Å². The first kappa shape index (κ1) is 19.6. The second-order valence-electron chi connectivity index (χ2n) is 5.71. The van der Waals surface area contributed by atoms with Gasteiger partial charge in [0.2, 0.25) is 0 Å². The van der Waals surface area contributed by atoms with Crippen LogP contribution in [0, 0.1) is 13.8 Å². The lowest BCUT2D eigenvalue weighted by Gasteiger charge is -2.32. The Balaban J connectivity index is 0.00000264. The van der Waals surface area contributed by atoms with Gasteiger partial charge in [0.05, 0.1) is 0 Å². The van der Waals surface area contributed by atoms with Crippen LogP contribution >= 0.6 is 12.4 Å². The number of halogens is 3. The molecular weight excluding hydrogens is 326 g/mol. The van der Waals surface area contributed by atoms with Crippen molar-refractivity contribution in [3.63, 3.8) is 0 Å². The Bertz CT molecular complexity index is 526. The minimum atomic E-state index is -2.86.